The third-order valence-electron chi connectivity index (χ3n) is 7.09. The Morgan fingerprint density at radius 2 is 1.23 bits per heavy atom. The molecule has 4 nitrogen and oxygen atoms in total. The zero-order valence-corrected chi connectivity index (χ0v) is 16.8. The number of hydrogen-bond acceptors (Lipinski definition) is 4. The lowest BCUT2D eigenvalue weighted by atomic mass is 9.71. The average Bonchev–Trinajstić information content (AvgIpc) is 3.38. The summed E-state index contributed by atoms with van der Waals surface area (Å²) in [5.74, 6) is 4.36. The topological polar surface area (TPSA) is 36.9 Å². The molecule has 0 aliphatic heterocycles. The molecule has 148 valence electrons. The van der Waals surface area contributed by atoms with Crippen LogP contribution in [0.4, 0.5) is 0 Å². The lowest BCUT2D eigenvalue weighted by molar-refractivity contribution is -0.247. The molecule has 4 rings (SSSR count). The first-order valence-electron chi connectivity index (χ1n) is 10.9. The number of rotatable bonds is 10. The van der Waals surface area contributed by atoms with Crippen LogP contribution < -0.4 is 0 Å². The summed E-state index contributed by atoms with van der Waals surface area (Å²) in [4.78, 5) is 0. The molecule has 0 aromatic carbocycles. The maximum absolute atomic E-state index is 6.45. The highest BCUT2D eigenvalue weighted by molar-refractivity contribution is 5.23. The Morgan fingerprint density at radius 3 is 1.65 bits per heavy atom. The summed E-state index contributed by atoms with van der Waals surface area (Å²) < 4.78 is 24.6. The number of fused-ring (bicyclic) bond motifs is 9. The van der Waals surface area contributed by atoms with Gasteiger partial charge in [-0.15, -0.1) is 0 Å². The highest BCUT2D eigenvalue weighted by Crippen LogP contribution is 2.66. The van der Waals surface area contributed by atoms with Crippen LogP contribution in [0.25, 0.3) is 0 Å². The van der Waals surface area contributed by atoms with Gasteiger partial charge in [0.1, 0.15) is 0 Å². The summed E-state index contributed by atoms with van der Waals surface area (Å²) in [6.45, 7) is 9.85. The molecule has 0 amide bonds. The fourth-order valence-electron chi connectivity index (χ4n) is 6.37. The molecule has 0 radical (unpaired) electrons. The van der Waals surface area contributed by atoms with E-state index in [-0.39, 0.29) is 24.8 Å². The van der Waals surface area contributed by atoms with Gasteiger partial charge in [-0.1, -0.05) is 26.0 Å². The molecule has 10 unspecified atom stereocenters. The minimum Gasteiger partial charge on any atom is -0.353 e. The zero-order chi connectivity index (χ0) is 18.3. The summed E-state index contributed by atoms with van der Waals surface area (Å²) in [6.07, 6.45) is 9.56. The van der Waals surface area contributed by atoms with E-state index in [2.05, 4.69) is 26.0 Å². The van der Waals surface area contributed by atoms with E-state index in [0.717, 1.165) is 49.7 Å². The second-order valence-corrected chi connectivity index (χ2v) is 8.74. The van der Waals surface area contributed by atoms with Crippen molar-refractivity contribution in [3.05, 3.63) is 12.2 Å². The maximum Gasteiger partial charge on any atom is 0.155 e. The van der Waals surface area contributed by atoms with Gasteiger partial charge in [-0.3, -0.25) is 0 Å². The van der Waals surface area contributed by atoms with Gasteiger partial charge < -0.3 is 18.9 Å². The van der Waals surface area contributed by atoms with Crippen LogP contribution in [0.5, 0.6) is 0 Å². The van der Waals surface area contributed by atoms with Gasteiger partial charge in [-0.05, 0) is 75.0 Å². The first-order chi connectivity index (χ1) is 12.6. The lowest BCUT2D eigenvalue weighted by Crippen LogP contribution is -2.48. The van der Waals surface area contributed by atoms with E-state index in [1.165, 1.54) is 12.8 Å². The quantitative estimate of drug-likeness (QED) is 0.327. The largest absolute Gasteiger partial charge is 0.353 e. The summed E-state index contributed by atoms with van der Waals surface area (Å²) in [5.41, 5.74) is 0. The highest BCUT2D eigenvalue weighted by Gasteiger charge is 2.66. The molecule has 0 saturated heterocycles. The molecular formula is C22H36O4. The van der Waals surface area contributed by atoms with Crippen LogP contribution in [0.2, 0.25) is 0 Å². The number of hydrogen-bond donors (Lipinski definition) is 0. The Kier molecular flexibility index (Phi) is 5.75. The van der Waals surface area contributed by atoms with Crippen LogP contribution in [0.15, 0.2) is 12.2 Å². The Labute approximate surface area is 158 Å². The van der Waals surface area contributed by atoms with Crippen molar-refractivity contribution in [1.29, 1.82) is 0 Å². The van der Waals surface area contributed by atoms with E-state index in [0.29, 0.717) is 11.8 Å². The normalized spacial score (nSPS) is 44.6. The molecule has 0 spiro atoms. The van der Waals surface area contributed by atoms with E-state index < -0.39 is 0 Å². The molecule has 10 atom stereocenters. The molecule has 4 heteroatoms. The van der Waals surface area contributed by atoms with E-state index >= 15 is 0 Å². The molecular weight excluding hydrogens is 328 g/mol. The third-order valence-corrected chi connectivity index (χ3v) is 7.09. The Morgan fingerprint density at radius 1 is 0.769 bits per heavy atom. The monoisotopic (exact) mass is 364 g/mol. The first-order valence-corrected chi connectivity index (χ1v) is 10.9. The summed E-state index contributed by atoms with van der Waals surface area (Å²) >= 11 is 0. The fourth-order valence-corrected chi connectivity index (χ4v) is 6.37. The fraction of sp³-hybridized carbons (Fsp3) is 0.909. The van der Waals surface area contributed by atoms with Crippen molar-refractivity contribution in [2.45, 2.75) is 78.2 Å². The molecule has 26 heavy (non-hydrogen) atoms. The standard InChI is InChI=1S/C22H36O4/c1-5-9-23-13(3)25-21-17-12-18(22(21)26-14(4)24-10-6-2)20-16-8-7-15(11-16)19(17)20/h7-8,13-22H,5-6,9-12H2,1-4H3. The van der Waals surface area contributed by atoms with Gasteiger partial charge in [0.25, 0.3) is 0 Å². The minimum atomic E-state index is -0.162. The van der Waals surface area contributed by atoms with Gasteiger partial charge in [0.05, 0.1) is 12.2 Å². The van der Waals surface area contributed by atoms with E-state index in [1.54, 1.807) is 0 Å². The van der Waals surface area contributed by atoms with Crippen molar-refractivity contribution in [2.24, 2.45) is 35.5 Å². The van der Waals surface area contributed by atoms with Crippen LogP contribution in [-0.2, 0) is 18.9 Å². The van der Waals surface area contributed by atoms with E-state index in [9.17, 15) is 0 Å². The predicted octanol–water partition coefficient (Wildman–Crippen LogP) is 4.39. The van der Waals surface area contributed by atoms with Gasteiger partial charge in [-0.25, -0.2) is 0 Å². The lowest BCUT2D eigenvalue weighted by Gasteiger charge is -2.42. The molecule has 4 aliphatic carbocycles. The average molecular weight is 365 g/mol. The van der Waals surface area contributed by atoms with Crippen molar-refractivity contribution in [3.63, 3.8) is 0 Å². The van der Waals surface area contributed by atoms with Crippen LogP contribution in [-0.4, -0.2) is 38.0 Å². The highest BCUT2D eigenvalue weighted by atomic mass is 16.7. The molecule has 0 aromatic rings. The van der Waals surface area contributed by atoms with Gasteiger partial charge in [0.15, 0.2) is 12.6 Å². The zero-order valence-electron chi connectivity index (χ0n) is 16.8. The third kappa shape index (κ3) is 3.28. The molecule has 3 fully saturated rings. The molecule has 0 N–H and O–H groups in total. The summed E-state index contributed by atoms with van der Waals surface area (Å²) in [5, 5.41) is 0. The van der Waals surface area contributed by atoms with Gasteiger partial charge in [0.2, 0.25) is 0 Å². The Hall–Kier alpha value is -0.420. The second kappa shape index (κ2) is 7.90. The Bertz CT molecular complexity index is 464. The van der Waals surface area contributed by atoms with Crippen LogP contribution in [0.1, 0.15) is 53.4 Å². The number of allylic oxidation sites excluding steroid dienone is 2. The van der Waals surface area contributed by atoms with Crippen LogP contribution in [0, 0.1) is 35.5 Å². The smallest absolute Gasteiger partial charge is 0.155 e. The second-order valence-electron chi connectivity index (χ2n) is 8.74. The molecule has 4 bridgehead atoms. The van der Waals surface area contributed by atoms with Crippen molar-refractivity contribution in [2.75, 3.05) is 13.2 Å². The molecule has 0 heterocycles. The maximum atomic E-state index is 6.45. The molecule has 3 saturated carbocycles. The van der Waals surface area contributed by atoms with Crippen molar-refractivity contribution >= 4 is 0 Å². The van der Waals surface area contributed by atoms with Crippen LogP contribution >= 0.6 is 0 Å². The van der Waals surface area contributed by atoms with Gasteiger partial charge in [-0.2, -0.15) is 0 Å². The first kappa shape index (κ1) is 18.9. The van der Waals surface area contributed by atoms with Crippen molar-refractivity contribution in [1.82, 2.24) is 0 Å². The molecule has 4 aliphatic rings. The Balaban J connectivity index is 1.47. The van der Waals surface area contributed by atoms with Crippen molar-refractivity contribution in [3.8, 4) is 0 Å². The van der Waals surface area contributed by atoms with Gasteiger partial charge >= 0.3 is 0 Å². The number of ether oxygens (including phenoxy) is 4. The van der Waals surface area contributed by atoms with E-state index in [4.69, 9.17) is 18.9 Å². The predicted molar refractivity (Wildman–Crippen MR) is 100 cm³/mol. The SMILES string of the molecule is CCCOC(C)OC1C2CC(C1OC(C)OCCC)C1C3C=CC(C3)C21. The summed E-state index contributed by atoms with van der Waals surface area (Å²) in [7, 11) is 0. The van der Waals surface area contributed by atoms with Crippen LogP contribution in [0.3, 0.4) is 0 Å². The van der Waals surface area contributed by atoms with Gasteiger partial charge in [0, 0.05) is 13.2 Å². The summed E-state index contributed by atoms with van der Waals surface area (Å²) in [6, 6.07) is 0. The van der Waals surface area contributed by atoms with E-state index in [1.807, 2.05) is 13.8 Å². The molecule has 0 aromatic heterocycles. The minimum absolute atomic E-state index is 0.147. The van der Waals surface area contributed by atoms with Crippen molar-refractivity contribution < 1.29 is 18.9 Å².